The van der Waals surface area contributed by atoms with Crippen LogP contribution in [0.5, 0.6) is 5.75 Å². The van der Waals surface area contributed by atoms with E-state index >= 15 is 0 Å². The van der Waals surface area contributed by atoms with Crippen LogP contribution in [0.3, 0.4) is 0 Å². The van der Waals surface area contributed by atoms with Crippen LogP contribution in [-0.4, -0.2) is 23.1 Å². The fraction of sp³-hybridized carbons (Fsp3) is 0.400. The van der Waals surface area contributed by atoms with Gasteiger partial charge < -0.3 is 4.18 Å². The van der Waals surface area contributed by atoms with Crippen LogP contribution in [0.15, 0.2) is 53.4 Å². The number of nitrogens with one attached hydrogen (secondary N) is 1. The summed E-state index contributed by atoms with van der Waals surface area (Å²) in [6.45, 7) is 10.8. The summed E-state index contributed by atoms with van der Waals surface area (Å²) in [5, 5.41) is 0. The van der Waals surface area contributed by atoms with Crippen molar-refractivity contribution in [1.82, 2.24) is 0 Å². The molecule has 2 aromatic rings. The zero-order valence-electron chi connectivity index (χ0n) is 17.0. The Morgan fingerprint density at radius 2 is 1.29 bits per heavy atom. The van der Waals surface area contributed by atoms with Crippen molar-refractivity contribution in [2.24, 2.45) is 5.41 Å². The molecule has 28 heavy (non-hydrogen) atoms. The highest BCUT2D eigenvalue weighted by Gasteiger charge is 2.34. The molecule has 0 saturated heterocycles. The van der Waals surface area contributed by atoms with Crippen LogP contribution < -0.4 is 8.91 Å². The first-order valence-corrected chi connectivity index (χ1v) is 12.0. The Labute approximate surface area is 168 Å². The molecule has 154 valence electrons. The van der Waals surface area contributed by atoms with Crippen LogP contribution in [0.2, 0.25) is 0 Å². The third kappa shape index (κ3) is 5.26. The standard InChI is InChI=1S/C20H27NO5S2/c1-19(2,3)20(4,5)15-7-11-17(12-8-15)26-28(24,25)18-13-9-16(10-14-18)21-27(6,22)23/h7-14,21H,1-6H3. The average molecular weight is 426 g/mol. The van der Waals surface area contributed by atoms with Crippen molar-refractivity contribution in [2.45, 2.75) is 44.9 Å². The smallest absolute Gasteiger partial charge is 0.339 e. The summed E-state index contributed by atoms with van der Waals surface area (Å²) in [6, 6.07) is 12.3. The number of anilines is 1. The van der Waals surface area contributed by atoms with E-state index in [0.29, 0.717) is 0 Å². The molecule has 0 saturated carbocycles. The van der Waals surface area contributed by atoms with E-state index in [1.54, 1.807) is 12.1 Å². The maximum absolute atomic E-state index is 12.5. The first kappa shape index (κ1) is 22.2. The van der Waals surface area contributed by atoms with Crippen LogP contribution in [0.4, 0.5) is 5.69 Å². The molecule has 1 N–H and O–H groups in total. The largest absolute Gasteiger partial charge is 0.379 e. The van der Waals surface area contributed by atoms with Crippen molar-refractivity contribution < 1.29 is 21.0 Å². The third-order valence-electron chi connectivity index (χ3n) is 5.10. The monoisotopic (exact) mass is 425 g/mol. The molecule has 0 fully saturated rings. The summed E-state index contributed by atoms with van der Waals surface area (Å²) in [5.74, 6) is 0.215. The summed E-state index contributed by atoms with van der Waals surface area (Å²) in [4.78, 5) is -0.0642. The molecular weight excluding hydrogens is 398 g/mol. The van der Waals surface area contributed by atoms with E-state index < -0.39 is 20.1 Å². The van der Waals surface area contributed by atoms with Crippen LogP contribution in [0, 0.1) is 5.41 Å². The minimum absolute atomic E-state index is 0.0310. The summed E-state index contributed by atoms with van der Waals surface area (Å²) in [6.07, 6.45) is 1.02. The number of benzene rings is 2. The van der Waals surface area contributed by atoms with Crippen LogP contribution >= 0.6 is 0 Å². The van der Waals surface area contributed by atoms with E-state index in [1.165, 1.54) is 24.3 Å². The van der Waals surface area contributed by atoms with Crippen molar-refractivity contribution in [2.75, 3.05) is 11.0 Å². The maximum Gasteiger partial charge on any atom is 0.339 e. The van der Waals surface area contributed by atoms with E-state index in [4.69, 9.17) is 4.18 Å². The van der Waals surface area contributed by atoms with Gasteiger partial charge in [0.05, 0.1) is 6.26 Å². The van der Waals surface area contributed by atoms with Gasteiger partial charge in [0.2, 0.25) is 10.0 Å². The highest BCUT2D eigenvalue weighted by atomic mass is 32.2. The zero-order valence-corrected chi connectivity index (χ0v) is 18.6. The second-order valence-corrected chi connectivity index (χ2v) is 11.6. The molecule has 0 unspecified atom stereocenters. The molecule has 0 aliphatic rings. The minimum Gasteiger partial charge on any atom is -0.379 e. The van der Waals surface area contributed by atoms with Crippen LogP contribution in [0.1, 0.15) is 40.2 Å². The number of hydrogen-bond acceptors (Lipinski definition) is 5. The molecule has 0 atom stereocenters. The van der Waals surface area contributed by atoms with Crippen molar-refractivity contribution >= 4 is 25.8 Å². The summed E-state index contributed by atoms with van der Waals surface area (Å²) >= 11 is 0. The minimum atomic E-state index is -4.03. The molecule has 6 nitrogen and oxygen atoms in total. The van der Waals surface area contributed by atoms with Gasteiger partial charge in [-0.1, -0.05) is 46.8 Å². The Balaban J connectivity index is 2.20. The van der Waals surface area contributed by atoms with E-state index in [9.17, 15) is 16.8 Å². The van der Waals surface area contributed by atoms with Gasteiger partial charge in [0.1, 0.15) is 10.6 Å². The van der Waals surface area contributed by atoms with Gasteiger partial charge in [0.25, 0.3) is 0 Å². The molecule has 2 aromatic carbocycles. The van der Waals surface area contributed by atoms with Gasteiger partial charge in [0.15, 0.2) is 0 Å². The molecule has 0 spiro atoms. The molecule has 0 heterocycles. The molecule has 2 rings (SSSR count). The fourth-order valence-electron chi connectivity index (χ4n) is 2.44. The SMILES string of the molecule is CC(C)(C)C(C)(C)c1ccc(OS(=O)(=O)c2ccc(NS(C)(=O)=O)cc2)cc1. The third-order valence-corrected chi connectivity index (χ3v) is 6.97. The van der Waals surface area contributed by atoms with Gasteiger partial charge in [-0.2, -0.15) is 8.42 Å². The summed E-state index contributed by atoms with van der Waals surface area (Å²) in [7, 11) is -7.46. The van der Waals surface area contributed by atoms with E-state index in [0.717, 1.165) is 11.8 Å². The Bertz CT molecular complexity index is 1030. The van der Waals surface area contributed by atoms with Gasteiger partial charge in [-0.3, -0.25) is 4.72 Å². The molecule has 0 radical (unpaired) electrons. The van der Waals surface area contributed by atoms with Crippen molar-refractivity contribution in [3.05, 3.63) is 54.1 Å². The Hall–Kier alpha value is -2.06. The summed E-state index contributed by atoms with van der Waals surface area (Å²) < 4.78 is 54.9. The van der Waals surface area contributed by atoms with Gasteiger partial charge in [-0.25, -0.2) is 8.42 Å². The second-order valence-electron chi connectivity index (χ2n) is 8.34. The molecular formula is C20H27NO5S2. The molecule has 0 aromatic heterocycles. The number of hydrogen-bond donors (Lipinski definition) is 1. The highest BCUT2D eigenvalue weighted by Crippen LogP contribution is 2.41. The Morgan fingerprint density at radius 1 is 0.786 bits per heavy atom. The number of sulfonamides is 1. The van der Waals surface area contributed by atoms with Crippen molar-refractivity contribution in [3.8, 4) is 5.75 Å². The van der Waals surface area contributed by atoms with E-state index in [-0.39, 0.29) is 27.2 Å². The first-order valence-electron chi connectivity index (χ1n) is 8.75. The number of rotatable bonds is 6. The lowest BCUT2D eigenvalue weighted by atomic mass is 9.65. The normalized spacial score (nSPS) is 13.2. The van der Waals surface area contributed by atoms with Crippen molar-refractivity contribution in [3.63, 3.8) is 0 Å². The average Bonchev–Trinajstić information content (AvgIpc) is 2.53. The van der Waals surface area contributed by atoms with Crippen LogP contribution in [-0.2, 0) is 25.6 Å². The molecule has 0 bridgehead atoms. The molecule has 0 aliphatic carbocycles. The summed E-state index contributed by atoms with van der Waals surface area (Å²) in [5.41, 5.74) is 1.28. The van der Waals surface area contributed by atoms with E-state index in [2.05, 4.69) is 39.3 Å². The topological polar surface area (TPSA) is 89.5 Å². The Morgan fingerprint density at radius 3 is 1.71 bits per heavy atom. The molecule has 0 aliphatic heterocycles. The van der Waals surface area contributed by atoms with Gasteiger partial charge in [0, 0.05) is 5.69 Å². The lowest BCUT2D eigenvalue weighted by Gasteiger charge is -2.39. The molecule has 8 heteroatoms. The quantitative estimate of drug-likeness (QED) is 0.702. The maximum atomic E-state index is 12.5. The predicted octanol–water partition coefficient (Wildman–Crippen LogP) is 4.15. The lowest BCUT2D eigenvalue weighted by Crippen LogP contribution is -2.33. The fourth-order valence-corrected chi connectivity index (χ4v) is 3.93. The Kier molecular flexibility index (Phi) is 5.88. The van der Waals surface area contributed by atoms with Gasteiger partial charge in [-0.05, 0) is 52.8 Å². The highest BCUT2D eigenvalue weighted by molar-refractivity contribution is 7.92. The van der Waals surface area contributed by atoms with Gasteiger partial charge >= 0.3 is 10.1 Å². The van der Waals surface area contributed by atoms with E-state index in [1.807, 2.05) is 12.1 Å². The van der Waals surface area contributed by atoms with Gasteiger partial charge in [-0.15, -0.1) is 0 Å². The lowest BCUT2D eigenvalue weighted by molar-refractivity contribution is 0.225. The van der Waals surface area contributed by atoms with Crippen LogP contribution in [0.25, 0.3) is 0 Å². The molecule has 0 amide bonds. The zero-order chi connectivity index (χ0) is 21.4. The second kappa shape index (κ2) is 7.40. The first-order chi connectivity index (χ1) is 12.6. The van der Waals surface area contributed by atoms with Crippen molar-refractivity contribution in [1.29, 1.82) is 0 Å². The predicted molar refractivity (Wildman–Crippen MR) is 112 cm³/mol.